The SMILES string of the molecule is CCC1CCC(NC)C(CN(C)CCS(C)(=O)=O)C1. The summed E-state index contributed by atoms with van der Waals surface area (Å²) in [5, 5.41) is 3.43. The lowest BCUT2D eigenvalue weighted by atomic mass is 9.76. The minimum Gasteiger partial charge on any atom is -0.317 e. The van der Waals surface area contributed by atoms with E-state index in [9.17, 15) is 8.42 Å². The van der Waals surface area contributed by atoms with Crippen molar-refractivity contribution in [3.8, 4) is 0 Å². The molecule has 0 aliphatic heterocycles. The molecule has 4 nitrogen and oxygen atoms in total. The normalized spacial score (nSPS) is 28.8. The van der Waals surface area contributed by atoms with Gasteiger partial charge in [-0.15, -0.1) is 0 Å². The van der Waals surface area contributed by atoms with E-state index in [1.165, 1.54) is 31.9 Å². The highest BCUT2D eigenvalue weighted by Crippen LogP contribution is 2.31. The zero-order valence-corrected chi connectivity index (χ0v) is 13.7. The fourth-order valence-electron chi connectivity index (χ4n) is 3.13. The second kappa shape index (κ2) is 7.60. The van der Waals surface area contributed by atoms with E-state index >= 15 is 0 Å². The Labute approximate surface area is 118 Å². The van der Waals surface area contributed by atoms with Crippen LogP contribution >= 0.6 is 0 Å². The van der Waals surface area contributed by atoms with Gasteiger partial charge in [0.1, 0.15) is 9.84 Å². The van der Waals surface area contributed by atoms with Gasteiger partial charge in [-0.2, -0.15) is 0 Å². The molecule has 3 unspecified atom stereocenters. The highest BCUT2D eigenvalue weighted by Gasteiger charge is 2.29. The second-order valence-corrected chi connectivity index (χ2v) is 8.39. The number of rotatable bonds is 7. The van der Waals surface area contributed by atoms with Crippen LogP contribution < -0.4 is 5.32 Å². The Bertz CT molecular complexity index is 356. The van der Waals surface area contributed by atoms with Gasteiger partial charge in [0.15, 0.2) is 0 Å². The maximum absolute atomic E-state index is 11.2. The lowest BCUT2D eigenvalue weighted by Gasteiger charge is -2.38. The van der Waals surface area contributed by atoms with Gasteiger partial charge < -0.3 is 10.2 Å². The molecule has 0 saturated heterocycles. The van der Waals surface area contributed by atoms with Crippen molar-refractivity contribution in [2.75, 3.05) is 39.2 Å². The molecule has 1 fully saturated rings. The van der Waals surface area contributed by atoms with Crippen molar-refractivity contribution in [1.29, 1.82) is 0 Å². The van der Waals surface area contributed by atoms with Gasteiger partial charge in [-0.1, -0.05) is 13.3 Å². The van der Waals surface area contributed by atoms with E-state index < -0.39 is 9.84 Å². The molecule has 0 heterocycles. The van der Waals surface area contributed by atoms with Gasteiger partial charge in [0, 0.05) is 25.4 Å². The fourth-order valence-corrected chi connectivity index (χ4v) is 3.77. The Hall–Kier alpha value is -0.130. The van der Waals surface area contributed by atoms with Gasteiger partial charge in [-0.05, 0) is 45.2 Å². The third-order valence-electron chi connectivity index (χ3n) is 4.43. The number of hydrogen-bond acceptors (Lipinski definition) is 4. The molecular formula is C14H30N2O2S. The van der Waals surface area contributed by atoms with Crippen molar-refractivity contribution in [3.63, 3.8) is 0 Å². The summed E-state index contributed by atoms with van der Waals surface area (Å²) < 4.78 is 22.4. The minimum absolute atomic E-state index is 0.262. The first-order valence-electron chi connectivity index (χ1n) is 7.39. The summed E-state index contributed by atoms with van der Waals surface area (Å²) in [7, 11) is 1.23. The van der Waals surface area contributed by atoms with Crippen molar-refractivity contribution in [1.82, 2.24) is 10.2 Å². The van der Waals surface area contributed by atoms with Crippen LogP contribution in [-0.2, 0) is 9.84 Å². The average molecular weight is 290 g/mol. The molecule has 114 valence electrons. The standard InChI is InChI=1S/C14H30N2O2S/c1-5-12-6-7-14(15-2)13(10-12)11-16(3)8-9-19(4,17)18/h12-15H,5-11H2,1-4H3. The zero-order chi connectivity index (χ0) is 14.5. The van der Waals surface area contributed by atoms with E-state index in [0.717, 1.165) is 12.5 Å². The molecule has 5 heteroatoms. The second-order valence-electron chi connectivity index (χ2n) is 6.13. The third kappa shape index (κ3) is 6.23. The minimum atomic E-state index is -2.85. The molecule has 1 aliphatic carbocycles. The van der Waals surface area contributed by atoms with Crippen molar-refractivity contribution < 1.29 is 8.42 Å². The summed E-state index contributed by atoms with van der Waals surface area (Å²) in [5.41, 5.74) is 0. The number of nitrogens with one attached hydrogen (secondary N) is 1. The number of nitrogens with zero attached hydrogens (tertiary/aromatic N) is 1. The van der Waals surface area contributed by atoms with Crippen LogP contribution in [0.25, 0.3) is 0 Å². The van der Waals surface area contributed by atoms with Gasteiger partial charge in [0.2, 0.25) is 0 Å². The molecular weight excluding hydrogens is 260 g/mol. The largest absolute Gasteiger partial charge is 0.317 e. The summed E-state index contributed by atoms with van der Waals surface area (Å²) in [6.45, 7) is 3.91. The van der Waals surface area contributed by atoms with Crippen LogP contribution in [0.4, 0.5) is 0 Å². The summed E-state index contributed by atoms with van der Waals surface area (Å²) in [6, 6.07) is 0.587. The van der Waals surface area contributed by atoms with Crippen molar-refractivity contribution in [2.24, 2.45) is 11.8 Å². The highest BCUT2D eigenvalue weighted by atomic mass is 32.2. The molecule has 0 aromatic rings. The summed E-state index contributed by atoms with van der Waals surface area (Å²) in [5.74, 6) is 1.75. The Morgan fingerprint density at radius 2 is 2.00 bits per heavy atom. The highest BCUT2D eigenvalue weighted by molar-refractivity contribution is 7.90. The molecule has 3 atom stereocenters. The van der Waals surface area contributed by atoms with Crippen LogP contribution in [0.15, 0.2) is 0 Å². The number of sulfone groups is 1. The van der Waals surface area contributed by atoms with E-state index in [1.807, 2.05) is 14.1 Å². The molecule has 1 N–H and O–H groups in total. The maximum atomic E-state index is 11.2. The van der Waals surface area contributed by atoms with Gasteiger partial charge in [-0.25, -0.2) is 8.42 Å². The quantitative estimate of drug-likeness (QED) is 0.769. The van der Waals surface area contributed by atoms with Crippen LogP contribution in [-0.4, -0.2) is 58.6 Å². The van der Waals surface area contributed by atoms with Gasteiger partial charge in [0.25, 0.3) is 0 Å². The van der Waals surface area contributed by atoms with E-state index in [4.69, 9.17) is 0 Å². The summed E-state index contributed by atoms with van der Waals surface area (Å²) in [4.78, 5) is 2.17. The van der Waals surface area contributed by atoms with E-state index in [-0.39, 0.29) is 5.75 Å². The van der Waals surface area contributed by atoms with Crippen molar-refractivity contribution in [2.45, 2.75) is 38.6 Å². The molecule has 0 amide bonds. The van der Waals surface area contributed by atoms with Gasteiger partial charge >= 0.3 is 0 Å². The molecule has 1 saturated carbocycles. The third-order valence-corrected chi connectivity index (χ3v) is 5.35. The van der Waals surface area contributed by atoms with Crippen molar-refractivity contribution >= 4 is 9.84 Å². The Morgan fingerprint density at radius 1 is 1.32 bits per heavy atom. The molecule has 1 rings (SSSR count). The molecule has 0 aromatic carbocycles. The molecule has 0 radical (unpaired) electrons. The van der Waals surface area contributed by atoms with Gasteiger partial charge in [-0.3, -0.25) is 0 Å². The van der Waals surface area contributed by atoms with E-state index in [2.05, 4.69) is 17.1 Å². The topological polar surface area (TPSA) is 49.4 Å². The lowest BCUT2D eigenvalue weighted by Crippen LogP contribution is -2.44. The van der Waals surface area contributed by atoms with Gasteiger partial charge in [0.05, 0.1) is 5.75 Å². The summed E-state index contributed by atoms with van der Waals surface area (Å²) in [6.07, 6.45) is 6.42. The smallest absolute Gasteiger partial charge is 0.148 e. The van der Waals surface area contributed by atoms with E-state index in [1.54, 1.807) is 0 Å². The van der Waals surface area contributed by atoms with Crippen LogP contribution in [0.2, 0.25) is 0 Å². The fraction of sp³-hybridized carbons (Fsp3) is 1.00. The monoisotopic (exact) mass is 290 g/mol. The van der Waals surface area contributed by atoms with E-state index in [0.29, 0.717) is 18.5 Å². The Morgan fingerprint density at radius 3 is 2.53 bits per heavy atom. The van der Waals surface area contributed by atoms with Crippen LogP contribution in [0.1, 0.15) is 32.6 Å². The predicted molar refractivity (Wildman–Crippen MR) is 81.2 cm³/mol. The predicted octanol–water partition coefficient (Wildman–Crippen LogP) is 1.38. The number of hydrogen-bond donors (Lipinski definition) is 1. The maximum Gasteiger partial charge on any atom is 0.148 e. The lowest BCUT2D eigenvalue weighted by molar-refractivity contribution is 0.160. The molecule has 1 aliphatic rings. The van der Waals surface area contributed by atoms with Crippen LogP contribution in [0.3, 0.4) is 0 Å². The zero-order valence-electron chi connectivity index (χ0n) is 12.9. The summed E-state index contributed by atoms with van der Waals surface area (Å²) >= 11 is 0. The molecule has 0 bridgehead atoms. The van der Waals surface area contributed by atoms with Crippen LogP contribution in [0.5, 0.6) is 0 Å². The molecule has 0 spiro atoms. The molecule has 19 heavy (non-hydrogen) atoms. The first-order chi connectivity index (χ1) is 8.85. The molecule has 0 aromatic heterocycles. The Balaban J connectivity index is 2.46. The Kier molecular flexibility index (Phi) is 6.77. The first kappa shape index (κ1) is 16.9. The average Bonchev–Trinajstić information content (AvgIpc) is 2.35. The first-order valence-corrected chi connectivity index (χ1v) is 9.45. The van der Waals surface area contributed by atoms with Crippen LogP contribution in [0, 0.1) is 11.8 Å². The van der Waals surface area contributed by atoms with Crippen molar-refractivity contribution in [3.05, 3.63) is 0 Å².